The number of aryl methyl sites for hydroxylation is 2. The summed E-state index contributed by atoms with van der Waals surface area (Å²) >= 11 is 1.71. The molecule has 0 spiro atoms. The third kappa shape index (κ3) is 3.48. The molecule has 1 fully saturated rings. The molecule has 1 saturated heterocycles. The summed E-state index contributed by atoms with van der Waals surface area (Å²) in [5.74, 6) is -0.698. The molecular weight excluding hydrogens is 306 g/mol. The maximum Gasteiger partial charge on any atom is 0.320 e. The average Bonchev–Trinajstić information content (AvgIpc) is 3.01. The summed E-state index contributed by atoms with van der Waals surface area (Å²) in [6.45, 7) is 5.05. The summed E-state index contributed by atoms with van der Waals surface area (Å²) in [6, 6.07) is 10.4. The van der Waals surface area contributed by atoms with E-state index >= 15 is 0 Å². The Bertz CT molecular complexity index is 660. The molecule has 4 heteroatoms. The first-order chi connectivity index (χ1) is 11.1. The maximum absolute atomic E-state index is 11.8. The van der Waals surface area contributed by atoms with Crippen molar-refractivity contribution in [3.8, 4) is 0 Å². The van der Waals surface area contributed by atoms with Crippen molar-refractivity contribution in [1.82, 2.24) is 4.90 Å². The highest BCUT2D eigenvalue weighted by atomic mass is 32.1. The van der Waals surface area contributed by atoms with Crippen LogP contribution in [0.5, 0.6) is 0 Å². The number of carbonyl (C=O) groups is 1. The molecule has 2 aromatic rings. The number of benzene rings is 1. The summed E-state index contributed by atoms with van der Waals surface area (Å²) in [4.78, 5) is 15.2. The summed E-state index contributed by atoms with van der Waals surface area (Å²) in [7, 11) is 0. The van der Waals surface area contributed by atoms with Gasteiger partial charge in [0.2, 0.25) is 0 Å². The summed E-state index contributed by atoms with van der Waals surface area (Å²) in [5.41, 5.74) is 3.66. The zero-order chi connectivity index (χ0) is 16.4. The predicted molar refractivity (Wildman–Crippen MR) is 94.1 cm³/mol. The van der Waals surface area contributed by atoms with Gasteiger partial charge in [-0.25, -0.2) is 0 Å². The number of likely N-dealkylation sites (tertiary alicyclic amines) is 1. The van der Waals surface area contributed by atoms with Crippen LogP contribution in [-0.2, 0) is 4.79 Å². The van der Waals surface area contributed by atoms with Crippen molar-refractivity contribution >= 4 is 17.3 Å². The van der Waals surface area contributed by atoms with Crippen LogP contribution in [0.2, 0.25) is 0 Å². The molecule has 2 unspecified atom stereocenters. The number of carboxylic acids is 1. The Hall–Kier alpha value is -1.65. The summed E-state index contributed by atoms with van der Waals surface area (Å²) < 4.78 is 0. The molecule has 1 aliphatic rings. The van der Waals surface area contributed by atoms with Crippen LogP contribution in [0, 0.1) is 13.8 Å². The van der Waals surface area contributed by atoms with Crippen molar-refractivity contribution < 1.29 is 9.90 Å². The Morgan fingerprint density at radius 1 is 1.26 bits per heavy atom. The van der Waals surface area contributed by atoms with Crippen LogP contribution >= 0.6 is 11.3 Å². The molecule has 3 rings (SSSR count). The molecule has 3 nitrogen and oxygen atoms in total. The molecule has 0 radical (unpaired) electrons. The van der Waals surface area contributed by atoms with Crippen molar-refractivity contribution in [2.75, 3.05) is 6.54 Å². The van der Waals surface area contributed by atoms with Crippen LogP contribution in [0.4, 0.5) is 0 Å². The first-order valence-electron chi connectivity index (χ1n) is 8.16. The minimum atomic E-state index is -0.698. The number of hydrogen-bond donors (Lipinski definition) is 1. The molecule has 122 valence electrons. The van der Waals surface area contributed by atoms with E-state index in [1.165, 1.54) is 21.6 Å². The lowest BCUT2D eigenvalue weighted by Crippen LogP contribution is -2.46. The number of carboxylic acid groups (broad SMARTS) is 1. The second-order valence-electron chi connectivity index (χ2n) is 6.43. The molecule has 23 heavy (non-hydrogen) atoms. The number of aliphatic carboxylic acids is 1. The van der Waals surface area contributed by atoms with Crippen molar-refractivity contribution in [3.05, 3.63) is 57.3 Å². The van der Waals surface area contributed by atoms with Gasteiger partial charge in [-0.2, -0.15) is 0 Å². The predicted octanol–water partition coefficient (Wildman–Crippen LogP) is 4.39. The molecule has 1 N–H and O–H groups in total. The maximum atomic E-state index is 11.8. The highest BCUT2D eigenvalue weighted by molar-refractivity contribution is 7.10. The Kier molecular flexibility index (Phi) is 4.83. The van der Waals surface area contributed by atoms with Crippen molar-refractivity contribution in [1.29, 1.82) is 0 Å². The molecule has 1 aromatic carbocycles. The number of rotatable bonds is 4. The number of piperidine rings is 1. The van der Waals surface area contributed by atoms with Gasteiger partial charge in [0.25, 0.3) is 0 Å². The van der Waals surface area contributed by atoms with E-state index in [0.717, 1.165) is 25.8 Å². The fraction of sp³-hybridized carbons (Fsp3) is 0.421. The Labute approximate surface area is 141 Å². The first-order valence-corrected chi connectivity index (χ1v) is 9.04. The van der Waals surface area contributed by atoms with Crippen LogP contribution in [0.1, 0.15) is 46.9 Å². The first kappa shape index (κ1) is 16.2. The second-order valence-corrected chi connectivity index (χ2v) is 7.41. The van der Waals surface area contributed by atoms with Crippen LogP contribution in [0.3, 0.4) is 0 Å². The quantitative estimate of drug-likeness (QED) is 0.904. The van der Waals surface area contributed by atoms with E-state index in [1.807, 2.05) is 0 Å². The van der Waals surface area contributed by atoms with Gasteiger partial charge in [0.1, 0.15) is 6.04 Å². The monoisotopic (exact) mass is 329 g/mol. The SMILES string of the molecule is Cc1cc(C)cc(C(c2cccs2)N2CCCCC2C(=O)O)c1. The molecule has 0 saturated carbocycles. The summed E-state index contributed by atoms with van der Waals surface area (Å²) in [5, 5.41) is 11.7. The largest absolute Gasteiger partial charge is 0.480 e. The van der Waals surface area contributed by atoms with E-state index in [0.29, 0.717) is 0 Å². The van der Waals surface area contributed by atoms with Crippen LogP contribution in [0.15, 0.2) is 35.7 Å². The van der Waals surface area contributed by atoms with E-state index in [9.17, 15) is 9.90 Å². The highest BCUT2D eigenvalue weighted by Gasteiger charge is 2.35. The zero-order valence-corrected chi connectivity index (χ0v) is 14.5. The van der Waals surface area contributed by atoms with Gasteiger partial charge in [0.15, 0.2) is 0 Å². The minimum absolute atomic E-state index is 0.0370. The lowest BCUT2D eigenvalue weighted by Gasteiger charge is -2.39. The molecule has 2 atom stereocenters. The highest BCUT2D eigenvalue weighted by Crippen LogP contribution is 2.37. The Balaban J connectivity index is 2.06. The lowest BCUT2D eigenvalue weighted by molar-refractivity contribution is -0.145. The second kappa shape index (κ2) is 6.85. The molecular formula is C19H23NO2S. The number of hydrogen-bond acceptors (Lipinski definition) is 3. The van der Waals surface area contributed by atoms with Gasteiger partial charge in [-0.15, -0.1) is 11.3 Å². The molecule has 0 aliphatic carbocycles. The Morgan fingerprint density at radius 3 is 2.61 bits per heavy atom. The van der Waals surface area contributed by atoms with Crippen molar-refractivity contribution in [2.24, 2.45) is 0 Å². The molecule has 1 aromatic heterocycles. The van der Waals surface area contributed by atoms with Gasteiger partial charge < -0.3 is 5.11 Å². The zero-order valence-electron chi connectivity index (χ0n) is 13.7. The molecule has 2 heterocycles. The van der Waals surface area contributed by atoms with E-state index < -0.39 is 12.0 Å². The third-order valence-corrected chi connectivity index (χ3v) is 5.46. The van der Waals surface area contributed by atoms with Crippen LogP contribution in [0.25, 0.3) is 0 Å². The Morgan fingerprint density at radius 2 is 2.00 bits per heavy atom. The van der Waals surface area contributed by atoms with Gasteiger partial charge in [-0.05, 0) is 50.2 Å². The standard InChI is InChI=1S/C19H23NO2S/c1-13-10-14(2)12-15(11-13)18(17-7-5-9-23-17)20-8-4-3-6-16(20)19(21)22/h5,7,9-12,16,18H,3-4,6,8H2,1-2H3,(H,21,22). The van der Waals surface area contributed by atoms with Crippen LogP contribution < -0.4 is 0 Å². The topological polar surface area (TPSA) is 40.5 Å². The van der Waals surface area contributed by atoms with E-state index in [2.05, 4.69) is 54.5 Å². The van der Waals surface area contributed by atoms with Gasteiger partial charge in [-0.1, -0.05) is 41.8 Å². The molecule has 0 bridgehead atoms. The smallest absolute Gasteiger partial charge is 0.320 e. The molecule has 1 aliphatic heterocycles. The lowest BCUT2D eigenvalue weighted by atomic mass is 9.93. The van der Waals surface area contributed by atoms with Crippen LogP contribution in [-0.4, -0.2) is 28.6 Å². The number of nitrogens with zero attached hydrogens (tertiary/aromatic N) is 1. The number of thiophene rings is 1. The van der Waals surface area contributed by atoms with Gasteiger partial charge in [-0.3, -0.25) is 9.69 Å². The summed E-state index contributed by atoms with van der Waals surface area (Å²) in [6.07, 6.45) is 2.80. The van der Waals surface area contributed by atoms with E-state index in [1.54, 1.807) is 11.3 Å². The van der Waals surface area contributed by atoms with Crippen molar-refractivity contribution in [3.63, 3.8) is 0 Å². The van der Waals surface area contributed by atoms with E-state index in [-0.39, 0.29) is 6.04 Å². The normalized spacial score (nSPS) is 20.3. The average molecular weight is 329 g/mol. The molecule has 0 amide bonds. The fourth-order valence-electron chi connectivity index (χ4n) is 3.66. The van der Waals surface area contributed by atoms with Gasteiger partial charge in [0, 0.05) is 4.88 Å². The van der Waals surface area contributed by atoms with Crippen molar-refractivity contribution in [2.45, 2.75) is 45.2 Å². The minimum Gasteiger partial charge on any atom is -0.480 e. The van der Waals surface area contributed by atoms with Gasteiger partial charge >= 0.3 is 5.97 Å². The fourth-order valence-corrected chi connectivity index (χ4v) is 4.53. The van der Waals surface area contributed by atoms with Gasteiger partial charge in [0.05, 0.1) is 6.04 Å². The van der Waals surface area contributed by atoms with E-state index in [4.69, 9.17) is 0 Å². The third-order valence-electron chi connectivity index (χ3n) is 4.53.